The zero-order chi connectivity index (χ0) is 13.4. The van der Waals surface area contributed by atoms with Crippen LogP contribution >= 0.6 is 15.9 Å². The van der Waals surface area contributed by atoms with E-state index in [0.29, 0.717) is 24.6 Å². The van der Waals surface area contributed by atoms with Crippen LogP contribution < -0.4 is 10.1 Å². The molecule has 0 aromatic heterocycles. The predicted octanol–water partition coefficient (Wildman–Crippen LogP) is 3.24. The molecule has 0 heterocycles. The van der Waals surface area contributed by atoms with Crippen LogP contribution in [0.5, 0.6) is 5.75 Å². The molecule has 0 saturated heterocycles. The van der Waals surface area contributed by atoms with Gasteiger partial charge < -0.3 is 10.1 Å². The van der Waals surface area contributed by atoms with Crippen LogP contribution in [0, 0.1) is 5.92 Å². The van der Waals surface area contributed by atoms with Crippen molar-refractivity contribution in [2.24, 2.45) is 5.92 Å². The summed E-state index contributed by atoms with van der Waals surface area (Å²) in [4.78, 5) is 11.9. The molecule has 1 atom stereocenters. The SMILES string of the molecule is CCOc1ccc(C(=O)NCC(C)CCBr)cc1. The maximum atomic E-state index is 11.9. The Labute approximate surface area is 117 Å². The summed E-state index contributed by atoms with van der Waals surface area (Å²) in [5.41, 5.74) is 0.671. The second-order valence-electron chi connectivity index (χ2n) is 4.25. The van der Waals surface area contributed by atoms with E-state index < -0.39 is 0 Å². The summed E-state index contributed by atoms with van der Waals surface area (Å²) in [6.07, 6.45) is 1.06. The lowest BCUT2D eigenvalue weighted by molar-refractivity contribution is 0.0948. The summed E-state index contributed by atoms with van der Waals surface area (Å²) < 4.78 is 5.33. The number of halogens is 1. The van der Waals surface area contributed by atoms with E-state index in [9.17, 15) is 4.79 Å². The summed E-state index contributed by atoms with van der Waals surface area (Å²) in [5.74, 6) is 1.25. The van der Waals surface area contributed by atoms with Gasteiger partial charge in [-0.05, 0) is 43.5 Å². The van der Waals surface area contributed by atoms with Crippen molar-refractivity contribution in [3.8, 4) is 5.75 Å². The molecular formula is C14H20BrNO2. The standard InChI is InChI=1S/C14H20BrNO2/c1-3-18-13-6-4-12(5-7-13)14(17)16-10-11(2)8-9-15/h4-7,11H,3,8-10H2,1-2H3,(H,16,17). The lowest BCUT2D eigenvalue weighted by atomic mass is 10.1. The van der Waals surface area contributed by atoms with E-state index in [1.54, 1.807) is 12.1 Å². The second kappa shape index (κ2) is 8.14. The van der Waals surface area contributed by atoms with E-state index in [1.165, 1.54) is 0 Å². The molecule has 1 unspecified atom stereocenters. The van der Waals surface area contributed by atoms with Crippen molar-refractivity contribution in [2.45, 2.75) is 20.3 Å². The molecule has 0 spiro atoms. The second-order valence-corrected chi connectivity index (χ2v) is 5.04. The van der Waals surface area contributed by atoms with Crippen molar-refractivity contribution in [3.05, 3.63) is 29.8 Å². The highest BCUT2D eigenvalue weighted by Crippen LogP contribution is 2.12. The molecule has 18 heavy (non-hydrogen) atoms. The van der Waals surface area contributed by atoms with E-state index >= 15 is 0 Å². The van der Waals surface area contributed by atoms with Gasteiger partial charge in [-0.25, -0.2) is 0 Å². The third-order valence-corrected chi connectivity index (χ3v) is 3.10. The molecule has 1 rings (SSSR count). The Morgan fingerprint density at radius 2 is 2.06 bits per heavy atom. The average molecular weight is 314 g/mol. The molecule has 1 aromatic carbocycles. The summed E-state index contributed by atoms with van der Waals surface area (Å²) in [6.45, 7) is 5.40. The molecule has 0 aliphatic heterocycles. The average Bonchev–Trinajstić information content (AvgIpc) is 2.37. The largest absolute Gasteiger partial charge is 0.494 e. The minimum absolute atomic E-state index is 0.0283. The summed E-state index contributed by atoms with van der Waals surface area (Å²) in [7, 11) is 0. The highest BCUT2D eigenvalue weighted by atomic mass is 79.9. The maximum Gasteiger partial charge on any atom is 0.251 e. The van der Waals surface area contributed by atoms with E-state index in [-0.39, 0.29) is 5.91 Å². The number of nitrogens with one attached hydrogen (secondary N) is 1. The van der Waals surface area contributed by atoms with Gasteiger partial charge in [0, 0.05) is 17.4 Å². The minimum Gasteiger partial charge on any atom is -0.494 e. The first-order valence-corrected chi connectivity index (χ1v) is 7.36. The highest BCUT2D eigenvalue weighted by Gasteiger charge is 2.07. The van der Waals surface area contributed by atoms with Gasteiger partial charge in [0.1, 0.15) is 5.75 Å². The van der Waals surface area contributed by atoms with Crippen molar-refractivity contribution in [1.29, 1.82) is 0 Å². The van der Waals surface area contributed by atoms with Crippen molar-refractivity contribution in [3.63, 3.8) is 0 Å². The molecule has 4 heteroatoms. The minimum atomic E-state index is -0.0283. The molecule has 0 radical (unpaired) electrons. The number of rotatable bonds is 7. The Hall–Kier alpha value is -1.03. The predicted molar refractivity (Wildman–Crippen MR) is 77.5 cm³/mol. The van der Waals surface area contributed by atoms with Crippen molar-refractivity contribution in [1.82, 2.24) is 5.32 Å². The van der Waals surface area contributed by atoms with Crippen LogP contribution in [0.15, 0.2) is 24.3 Å². The summed E-state index contributed by atoms with van der Waals surface area (Å²) in [5, 5.41) is 3.90. The molecule has 3 nitrogen and oxygen atoms in total. The highest BCUT2D eigenvalue weighted by molar-refractivity contribution is 9.09. The zero-order valence-corrected chi connectivity index (χ0v) is 12.5. The van der Waals surface area contributed by atoms with Gasteiger partial charge in [-0.15, -0.1) is 0 Å². The molecule has 0 aliphatic rings. The first kappa shape index (κ1) is 15.0. The summed E-state index contributed by atoms with van der Waals surface area (Å²) >= 11 is 3.40. The third-order valence-electron chi connectivity index (χ3n) is 2.64. The number of carbonyl (C=O) groups excluding carboxylic acids is 1. The number of alkyl halides is 1. The van der Waals surface area contributed by atoms with Gasteiger partial charge in [0.15, 0.2) is 0 Å². The Kier molecular flexibility index (Phi) is 6.80. The van der Waals surface area contributed by atoms with Gasteiger partial charge in [-0.3, -0.25) is 4.79 Å². The smallest absolute Gasteiger partial charge is 0.251 e. The van der Waals surface area contributed by atoms with Gasteiger partial charge in [-0.2, -0.15) is 0 Å². The number of carbonyl (C=O) groups is 1. The molecule has 0 aliphatic carbocycles. The molecule has 100 valence electrons. The zero-order valence-electron chi connectivity index (χ0n) is 10.9. The normalized spacial score (nSPS) is 11.9. The number of hydrogen-bond acceptors (Lipinski definition) is 2. The molecule has 0 bridgehead atoms. The van der Waals surface area contributed by atoms with E-state index in [0.717, 1.165) is 17.5 Å². The molecule has 1 N–H and O–H groups in total. The van der Waals surface area contributed by atoms with Crippen LogP contribution in [0.2, 0.25) is 0 Å². The van der Waals surface area contributed by atoms with Crippen molar-refractivity contribution in [2.75, 3.05) is 18.5 Å². The van der Waals surface area contributed by atoms with Gasteiger partial charge in [0.2, 0.25) is 0 Å². The number of benzene rings is 1. The van der Waals surface area contributed by atoms with Crippen LogP contribution in [0.3, 0.4) is 0 Å². The molecule has 1 amide bonds. The van der Waals surface area contributed by atoms with Crippen LogP contribution in [0.1, 0.15) is 30.6 Å². The fourth-order valence-corrected chi connectivity index (χ4v) is 2.31. The number of hydrogen-bond donors (Lipinski definition) is 1. The lowest BCUT2D eigenvalue weighted by Gasteiger charge is -2.11. The first-order valence-electron chi connectivity index (χ1n) is 6.24. The summed E-state index contributed by atoms with van der Waals surface area (Å²) in [6, 6.07) is 7.21. The van der Waals surface area contributed by atoms with Gasteiger partial charge in [0.05, 0.1) is 6.61 Å². The number of ether oxygens (including phenoxy) is 1. The van der Waals surface area contributed by atoms with Gasteiger partial charge >= 0.3 is 0 Å². The van der Waals surface area contributed by atoms with E-state index in [4.69, 9.17) is 4.74 Å². The molecule has 0 saturated carbocycles. The number of amides is 1. The lowest BCUT2D eigenvalue weighted by Crippen LogP contribution is -2.28. The molecule has 0 fully saturated rings. The first-order chi connectivity index (χ1) is 8.67. The Morgan fingerprint density at radius 1 is 1.39 bits per heavy atom. The Morgan fingerprint density at radius 3 is 2.61 bits per heavy atom. The monoisotopic (exact) mass is 313 g/mol. The van der Waals surface area contributed by atoms with E-state index in [1.807, 2.05) is 19.1 Å². The fourth-order valence-electron chi connectivity index (χ4n) is 1.53. The van der Waals surface area contributed by atoms with Crippen LogP contribution in [0.4, 0.5) is 0 Å². The molecular weight excluding hydrogens is 294 g/mol. The van der Waals surface area contributed by atoms with Crippen LogP contribution in [-0.4, -0.2) is 24.4 Å². The Bertz CT molecular complexity index is 365. The molecule has 1 aromatic rings. The topological polar surface area (TPSA) is 38.3 Å². The van der Waals surface area contributed by atoms with Crippen molar-refractivity contribution < 1.29 is 9.53 Å². The fraction of sp³-hybridized carbons (Fsp3) is 0.500. The Balaban J connectivity index is 2.46. The van der Waals surface area contributed by atoms with Gasteiger partial charge in [0.25, 0.3) is 5.91 Å². The maximum absolute atomic E-state index is 11.9. The third kappa shape index (κ3) is 5.08. The van der Waals surface area contributed by atoms with E-state index in [2.05, 4.69) is 28.2 Å². The quantitative estimate of drug-likeness (QED) is 0.785. The van der Waals surface area contributed by atoms with Crippen LogP contribution in [-0.2, 0) is 0 Å². The van der Waals surface area contributed by atoms with Crippen molar-refractivity contribution >= 4 is 21.8 Å². The van der Waals surface area contributed by atoms with Gasteiger partial charge in [-0.1, -0.05) is 22.9 Å². The van der Waals surface area contributed by atoms with Crippen LogP contribution in [0.25, 0.3) is 0 Å².